The molecule has 2 N–H and O–H groups in total. The molecule has 0 aliphatic rings. The van der Waals surface area contributed by atoms with Gasteiger partial charge in [0.2, 0.25) is 5.89 Å². The zero-order valence-electron chi connectivity index (χ0n) is 10.8. The molecule has 1 aromatic carbocycles. The van der Waals surface area contributed by atoms with Crippen molar-refractivity contribution >= 4 is 5.97 Å². The number of aromatic nitrogens is 2. The van der Waals surface area contributed by atoms with Crippen LogP contribution in [0.2, 0.25) is 0 Å². The Hall–Kier alpha value is -2.41. The first kappa shape index (κ1) is 14.0. The number of hydrogen-bond donors (Lipinski definition) is 2. The molecule has 2 rings (SSSR count). The average Bonchev–Trinajstić information content (AvgIpc) is 2.96. The molecule has 20 heavy (non-hydrogen) atoms. The number of carbonyl (C=O) groups is 1. The number of benzene rings is 1. The minimum atomic E-state index is -0.965. The Labute approximate surface area is 115 Å². The van der Waals surface area contributed by atoms with E-state index in [9.17, 15) is 4.79 Å². The van der Waals surface area contributed by atoms with Gasteiger partial charge in [0, 0.05) is 19.5 Å². The lowest BCUT2D eigenvalue weighted by atomic mass is 10.2. The van der Waals surface area contributed by atoms with Gasteiger partial charge in [-0.2, -0.15) is 4.98 Å². The van der Waals surface area contributed by atoms with Crippen LogP contribution in [0.5, 0.6) is 5.75 Å². The van der Waals surface area contributed by atoms with Crippen molar-refractivity contribution in [3.05, 3.63) is 42.0 Å². The summed E-state index contributed by atoms with van der Waals surface area (Å²) < 4.78 is 10.3. The third-order valence-corrected chi connectivity index (χ3v) is 2.55. The van der Waals surface area contributed by atoms with Crippen LogP contribution in [0.25, 0.3) is 0 Å². The van der Waals surface area contributed by atoms with E-state index in [4.69, 9.17) is 14.4 Å². The van der Waals surface area contributed by atoms with Crippen LogP contribution in [0.1, 0.15) is 16.2 Å². The van der Waals surface area contributed by atoms with Gasteiger partial charge in [0.25, 0.3) is 0 Å². The maximum Gasteiger partial charge on any atom is 0.335 e. The molecule has 0 bridgehead atoms. The fraction of sp³-hybridized carbons (Fsp3) is 0.308. The van der Waals surface area contributed by atoms with Crippen molar-refractivity contribution in [2.45, 2.75) is 6.42 Å². The van der Waals surface area contributed by atoms with E-state index in [1.807, 2.05) is 0 Å². The first-order chi connectivity index (χ1) is 9.75. The molecule has 0 unspecified atom stereocenters. The molecule has 1 aromatic heterocycles. The van der Waals surface area contributed by atoms with Crippen LogP contribution in [-0.2, 0) is 6.42 Å². The third kappa shape index (κ3) is 4.36. The van der Waals surface area contributed by atoms with Gasteiger partial charge >= 0.3 is 5.97 Å². The number of hydrogen-bond acceptors (Lipinski definition) is 6. The molecule has 0 aliphatic carbocycles. The molecule has 7 heteroatoms. The van der Waals surface area contributed by atoms with Gasteiger partial charge < -0.3 is 19.7 Å². The molecule has 0 amide bonds. The highest BCUT2D eigenvalue weighted by molar-refractivity contribution is 5.87. The highest BCUT2D eigenvalue weighted by Crippen LogP contribution is 2.12. The van der Waals surface area contributed by atoms with E-state index in [0.29, 0.717) is 37.8 Å². The van der Waals surface area contributed by atoms with E-state index in [-0.39, 0.29) is 5.56 Å². The maximum atomic E-state index is 10.8. The van der Waals surface area contributed by atoms with E-state index in [2.05, 4.69) is 15.5 Å². The van der Waals surface area contributed by atoms with Crippen LogP contribution in [0.3, 0.4) is 0 Å². The lowest BCUT2D eigenvalue weighted by molar-refractivity contribution is 0.0696. The van der Waals surface area contributed by atoms with Crippen molar-refractivity contribution in [3.8, 4) is 5.75 Å². The molecule has 0 spiro atoms. The minimum absolute atomic E-state index is 0.215. The molecule has 0 fully saturated rings. The van der Waals surface area contributed by atoms with Gasteiger partial charge in [-0.05, 0) is 18.2 Å². The second kappa shape index (κ2) is 7.25. The lowest BCUT2D eigenvalue weighted by Crippen LogP contribution is -2.23. The van der Waals surface area contributed by atoms with Gasteiger partial charge in [-0.1, -0.05) is 11.2 Å². The van der Waals surface area contributed by atoms with Crippen molar-refractivity contribution in [1.29, 1.82) is 0 Å². The fourth-order valence-corrected chi connectivity index (χ4v) is 1.59. The number of carboxylic acids is 1. The molecule has 7 nitrogen and oxygen atoms in total. The highest BCUT2D eigenvalue weighted by Gasteiger charge is 2.03. The molecule has 0 radical (unpaired) electrons. The number of ether oxygens (including phenoxy) is 1. The van der Waals surface area contributed by atoms with Crippen molar-refractivity contribution in [1.82, 2.24) is 15.5 Å². The summed E-state index contributed by atoms with van der Waals surface area (Å²) in [6.45, 7) is 1.80. The molecule has 0 saturated carbocycles. The molecular formula is C13H15N3O4. The van der Waals surface area contributed by atoms with E-state index in [0.717, 1.165) is 0 Å². The van der Waals surface area contributed by atoms with Crippen molar-refractivity contribution in [2.24, 2.45) is 0 Å². The predicted octanol–water partition coefficient (Wildman–Crippen LogP) is 0.979. The summed E-state index contributed by atoms with van der Waals surface area (Å²) in [4.78, 5) is 14.7. The number of rotatable bonds is 8. The summed E-state index contributed by atoms with van der Waals surface area (Å²) in [5.74, 6) is 0.171. The Morgan fingerprint density at radius 1 is 1.40 bits per heavy atom. The Morgan fingerprint density at radius 3 is 3.05 bits per heavy atom. The number of nitrogens with one attached hydrogen (secondary N) is 1. The van der Waals surface area contributed by atoms with Gasteiger partial charge in [-0.3, -0.25) is 0 Å². The van der Waals surface area contributed by atoms with E-state index < -0.39 is 5.97 Å². The highest BCUT2D eigenvalue weighted by atomic mass is 16.5. The summed E-state index contributed by atoms with van der Waals surface area (Å²) in [5.41, 5.74) is 0.215. The van der Waals surface area contributed by atoms with Crippen molar-refractivity contribution in [2.75, 3.05) is 19.7 Å². The normalized spacial score (nSPS) is 10.4. The largest absolute Gasteiger partial charge is 0.492 e. The second-order valence-electron chi connectivity index (χ2n) is 4.02. The Kier molecular flexibility index (Phi) is 5.08. The van der Waals surface area contributed by atoms with Gasteiger partial charge in [-0.25, -0.2) is 4.79 Å². The standard InChI is InChI=1S/C13H15N3O4/c17-13(18)10-2-1-3-11(8-10)19-7-6-14-5-4-12-15-9-16-20-12/h1-3,8-9,14H,4-7H2,(H,17,18). The summed E-state index contributed by atoms with van der Waals surface area (Å²) in [6, 6.07) is 6.41. The lowest BCUT2D eigenvalue weighted by Gasteiger charge is -2.07. The Balaban J connectivity index is 1.63. The van der Waals surface area contributed by atoms with Crippen LogP contribution in [0.15, 0.2) is 35.1 Å². The van der Waals surface area contributed by atoms with Gasteiger partial charge in [-0.15, -0.1) is 0 Å². The molecule has 0 saturated heterocycles. The predicted molar refractivity (Wildman–Crippen MR) is 69.8 cm³/mol. The first-order valence-corrected chi connectivity index (χ1v) is 6.18. The first-order valence-electron chi connectivity index (χ1n) is 6.18. The molecule has 1 heterocycles. The summed E-state index contributed by atoms with van der Waals surface area (Å²) in [7, 11) is 0. The average molecular weight is 277 g/mol. The molecule has 2 aromatic rings. The van der Waals surface area contributed by atoms with Gasteiger partial charge in [0.05, 0.1) is 5.56 Å². The van der Waals surface area contributed by atoms with Crippen LogP contribution in [0.4, 0.5) is 0 Å². The molecule has 0 aliphatic heterocycles. The fourth-order valence-electron chi connectivity index (χ4n) is 1.59. The van der Waals surface area contributed by atoms with Crippen molar-refractivity contribution < 1.29 is 19.2 Å². The van der Waals surface area contributed by atoms with Crippen LogP contribution in [-0.4, -0.2) is 40.9 Å². The zero-order chi connectivity index (χ0) is 14.2. The molecule has 106 valence electrons. The van der Waals surface area contributed by atoms with Crippen LogP contribution in [0, 0.1) is 0 Å². The van der Waals surface area contributed by atoms with E-state index in [1.54, 1.807) is 12.1 Å². The quantitative estimate of drug-likeness (QED) is 0.694. The maximum absolute atomic E-state index is 10.8. The smallest absolute Gasteiger partial charge is 0.335 e. The minimum Gasteiger partial charge on any atom is -0.492 e. The monoisotopic (exact) mass is 277 g/mol. The number of nitrogens with zero attached hydrogens (tertiary/aromatic N) is 2. The molecular weight excluding hydrogens is 262 g/mol. The topological polar surface area (TPSA) is 97.5 Å². The SMILES string of the molecule is O=C(O)c1cccc(OCCNCCc2ncno2)c1. The summed E-state index contributed by atoms with van der Waals surface area (Å²) in [5, 5.41) is 15.5. The van der Waals surface area contributed by atoms with Gasteiger partial charge in [0.15, 0.2) is 6.33 Å². The second-order valence-corrected chi connectivity index (χ2v) is 4.02. The summed E-state index contributed by atoms with van der Waals surface area (Å²) in [6.07, 6.45) is 2.03. The van der Waals surface area contributed by atoms with Crippen LogP contribution >= 0.6 is 0 Å². The van der Waals surface area contributed by atoms with E-state index >= 15 is 0 Å². The van der Waals surface area contributed by atoms with E-state index in [1.165, 1.54) is 18.5 Å². The third-order valence-electron chi connectivity index (χ3n) is 2.55. The van der Waals surface area contributed by atoms with Crippen molar-refractivity contribution in [3.63, 3.8) is 0 Å². The molecule has 0 atom stereocenters. The zero-order valence-corrected chi connectivity index (χ0v) is 10.8. The summed E-state index contributed by atoms with van der Waals surface area (Å²) >= 11 is 0. The van der Waals surface area contributed by atoms with Crippen LogP contribution < -0.4 is 10.1 Å². The van der Waals surface area contributed by atoms with Gasteiger partial charge in [0.1, 0.15) is 12.4 Å². The number of aromatic carboxylic acids is 1. The Bertz CT molecular complexity index is 542. The Morgan fingerprint density at radius 2 is 2.30 bits per heavy atom. The number of carboxylic acid groups (broad SMARTS) is 1.